The highest BCUT2D eigenvalue weighted by Gasteiger charge is 2.08. The molecule has 1 amide bonds. The van der Waals surface area contributed by atoms with Gasteiger partial charge in [-0.05, 0) is 23.8 Å². The Kier molecular flexibility index (Phi) is 7.36. The zero-order valence-electron chi connectivity index (χ0n) is 16.4. The predicted molar refractivity (Wildman–Crippen MR) is 117 cm³/mol. The summed E-state index contributed by atoms with van der Waals surface area (Å²) in [6.45, 7) is 5.13. The van der Waals surface area contributed by atoms with Gasteiger partial charge in [0.15, 0.2) is 5.82 Å². The van der Waals surface area contributed by atoms with Crippen LogP contribution in [0.1, 0.15) is 5.56 Å². The molecule has 10 heteroatoms. The summed E-state index contributed by atoms with van der Waals surface area (Å²) in [7, 11) is 1.65. The number of carbonyl (C=O) groups excluding carboxylic acids is 1. The number of hydrogen-bond acceptors (Lipinski definition) is 7. The predicted octanol–water partition coefficient (Wildman–Crippen LogP) is 3.45. The van der Waals surface area contributed by atoms with Crippen molar-refractivity contribution >= 4 is 40.6 Å². The number of benzene rings is 1. The van der Waals surface area contributed by atoms with Gasteiger partial charge in [0.05, 0.1) is 31.2 Å². The Morgan fingerprint density at radius 2 is 2.20 bits per heavy atom. The third kappa shape index (κ3) is 6.03. The first-order valence-electron chi connectivity index (χ1n) is 9.14. The van der Waals surface area contributed by atoms with Gasteiger partial charge in [-0.1, -0.05) is 30.3 Å². The average Bonchev–Trinajstić information content (AvgIpc) is 3.20. The maximum absolute atomic E-state index is 11.5. The van der Waals surface area contributed by atoms with Crippen molar-refractivity contribution in [2.45, 2.75) is 13.1 Å². The molecule has 0 fully saturated rings. The average molecular weight is 428 g/mol. The van der Waals surface area contributed by atoms with E-state index in [2.05, 4.69) is 37.6 Å². The summed E-state index contributed by atoms with van der Waals surface area (Å²) in [5.41, 5.74) is 2.38. The summed E-state index contributed by atoms with van der Waals surface area (Å²) < 4.78 is 6.81. The molecule has 0 aliphatic rings. The molecule has 0 aliphatic heterocycles. The van der Waals surface area contributed by atoms with Crippen molar-refractivity contribution in [1.29, 1.82) is 0 Å². The number of amides is 1. The summed E-state index contributed by atoms with van der Waals surface area (Å²) in [5, 5.41) is 13.7. The summed E-state index contributed by atoms with van der Waals surface area (Å²) in [4.78, 5) is 20.1. The molecule has 0 atom stereocenters. The van der Waals surface area contributed by atoms with Crippen LogP contribution in [-0.2, 0) is 22.6 Å². The second-order valence-electron chi connectivity index (χ2n) is 6.25. The number of carbonyl (C=O) groups is 1. The molecule has 1 aromatic carbocycles. The fourth-order valence-electron chi connectivity index (χ4n) is 2.55. The van der Waals surface area contributed by atoms with Gasteiger partial charge in [0, 0.05) is 25.5 Å². The van der Waals surface area contributed by atoms with Gasteiger partial charge in [0.2, 0.25) is 11.9 Å². The SMILES string of the molecule is C=CC(=O)Nc1cccc(CNc2nc(Nc3cnn(CCOC)c3)ncc2Cl)c1. The number of aromatic nitrogens is 4. The van der Waals surface area contributed by atoms with E-state index in [9.17, 15) is 4.79 Å². The van der Waals surface area contributed by atoms with Crippen LogP contribution in [0, 0.1) is 0 Å². The van der Waals surface area contributed by atoms with Crippen molar-refractivity contribution in [3.63, 3.8) is 0 Å². The van der Waals surface area contributed by atoms with Gasteiger partial charge >= 0.3 is 0 Å². The van der Waals surface area contributed by atoms with Crippen LogP contribution in [0.15, 0.2) is 55.5 Å². The lowest BCUT2D eigenvalue weighted by Crippen LogP contribution is -2.08. The fourth-order valence-corrected chi connectivity index (χ4v) is 2.71. The van der Waals surface area contributed by atoms with Crippen molar-refractivity contribution < 1.29 is 9.53 Å². The molecule has 0 saturated carbocycles. The van der Waals surface area contributed by atoms with Gasteiger partial charge in [0.25, 0.3) is 0 Å². The van der Waals surface area contributed by atoms with E-state index >= 15 is 0 Å². The number of halogens is 1. The lowest BCUT2D eigenvalue weighted by Gasteiger charge is -2.10. The van der Waals surface area contributed by atoms with E-state index in [1.54, 1.807) is 24.1 Å². The molecule has 3 rings (SSSR count). The van der Waals surface area contributed by atoms with Crippen LogP contribution in [-0.4, -0.2) is 39.4 Å². The van der Waals surface area contributed by atoms with E-state index in [0.29, 0.717) is 42.2 Å². The number of nitrogens with one attached hydrogen (secondary N) is 3. The minimum Gasteiger partial charge on any atom is -0.383 e. The van der Waals surface area contributed by atoms with E-state index in [-0.39, 0.29) is 5.91 Å². The number of nitrogens with zero attached hydrogens (tertiary/aromatic N) is 4. The zero-order chi connectivity index (χ0) is 21.3. The van der Waals surface area contributed by atoms with Crippen LogP contribution in [0.3, 0.4) is 0 Å². The molecule has 30 heavy (non-hydrogen) atoms. The van der Waals surface area contributed by atoms with Crippen LogP contribution in [0.4, 0.5) is 23.1 Å². The number of anilines is 4. The maximum Gasteiger partial charge on any atom is 0.247 e. The van der Waals surface area contributed by atoms with Crippen molar-refractivity contribution in [1.82, 2.24) is 19.7 Å². The van der Waals surface area contributed by atoms with Crippen molar-refractivity contribution in [2.24, 2.45) is 0 Å². The summed E-state index contributed by atoms with van der Waals surface area (Å²) in [5.74, 6) is 0.613. The second-order valence-corrected chi connectivity index (χ2v) is 6.65. The molecule has 156 valence electrons. The monoisotopic (exact) mass is 427 g/mol. The lowest BCUT2D eigenvalue weighted by atomic mass is 10.2. The van der Waals surface area contributed by atoms with Crippen LogP contribution in [0.2, 0.25) is 5.02 Å². The number of methoxy groups -OCH3 is 1. The molecule has 3 aromatic rings. The Hall–Kier alpha value is -3.43. The third-order valence-electron chi connectivity index (χ3n) is 4.00. The van der Waals surface area contributed by atoms with Crippen LogP contribution in [0.25, 0.3) is 0 Å². The second kappa shape index (κ2) is 10.4. The van der Waals surface area contributed by atoms with Gasteiger partial charge in [-0.15, -0.1) is 0 Å². The molecule has 9 nitrogen and oxygen atoms in total. The molecule has 0 saturated heterocycles. The molecule has 2 heterocycles. The van der Waals surface area contributed by atoms with Crippen LogP contribution in [0.5, 0.6) is 0 Å². The Morgan fingerprint density at radius 1 is 1.33 bits per heavy atom. The lowest BCUT2D eigenvalue weighted by molar-refractivity contribution is -0.111. The zero-order valence-corrected chi connectivity index (χ0v) is 17.2. The highest BCUT2D eigenvalue weighted by atomic mass is 35.5. The summed E-state index contributed by atoms with van der Waals surface area (Å²) >= 11 is 6.23. The molecule has 2 aromatic heterocycles. The van der Waals surface area contributed by atoms with Crippen LogP contribution >= 0.6 is 11.6 Å². The molecule has 0 bridgehead atoms. The maximum atomic E-state index is 11.5. The number of hydrogen-bond donors (Lipinski definition) is 3. The Balaban J connectivity index is 1.64. The standard InChI is InChI=1S/C20H22ClN7O2/c1-3-18(29)25-15-6-4-5-14(9-15)10-22-19-17(21)12-23-20(27-19)26-16-11-24-28(13-16)7-8-30-2/h3-6,9,11-13H,1,7-8,10H2,2H3,(H,25,29)(H2,22,23,26,27). The van der Waals surface area contributed by atoms with Crippen molar-refractivity contribution in [3.05, 3.63) is 66.1 Å². The smallest absolute Gasteiger partial charge is 0.247 e. The molecule has 0 unspecified atom stereocenters. The minimum atomic E-state index is -0.264. The number of ether oxygens (including phenoxy) is 1. The topological polar surface area (TPSA) is 106 Å². The fraction of sp³-hybridized carbons (Fsp3) is 0.200. The van der Waals surface area contributed by atoms with Crippen LogP contribution < -0.4 is 16.0 Å². The molecule has 3 N–H and O–H groups in total. The van der Waals surface area contributed by atoms with Gasteiger partial charge in [0.1, 0.15) is 5.02 Å². The summed E-state index contributed by atoms with van der Waals surface area (Å²) in [6.07, 6.45) is 6.27. The van der Waals surface area contributed by atoms with Crippen molar-refractivity contribution in [3.8, 4) is 0 Å². The van der Waals surface area contributed by atoms with Gasteiger partial charge < -0.3 is 20.7 Å². The molecule has 0 radical (unpaired) electrons. The first-order chi connectivity index (χ1) is 14.6. The van der Waals surface area contributed by atoms with E-state index in [4.69, 9.17) is 16.3 Å². The highest BCUT2D eigenvalue weighted by molar-refractivity contribution is 6.32. The Morgan fingerprint density at radius 3 is 3.00 bits per heavy atom. The number of rotatable bonds is 10. The van der Waals surface area contributed by atoms with E-state index < -0.39 is 0 Å². The largest absolute Gasteiger partial charge is 0.383 e. The van der Waals surface area contributed by atoms with E-state index in [1.807, 2.05) is 24.4 Å². The minimum absolute atomic E-state index is 0.264. The third-order valence-corrected chi connectivity index (χ3v) is 4.27. The van der Waals surface area contributed by atoms with E-state index in [1.165, 1.54) is 12.3 Å². The highest BCUT2D eigenvalue weighted by Crippen LogP contribution is 2.22. The Bertz CT molecular complexity index is 1020. The summed E-state index contributed by atoms with van der Waals surface area (Å²) in [6, 6.07) is 7.44. The van der Waals surface area contributed by atoms with Crippen molar-refractivity contribution in [2.75, 3.05) is 29.7 Å². The van der Waals surface area contributed by atoms with Gasteiger partial charge in [-0.2, -0.15) is 10.1 Å². The van der Waals surface area contributed by atoms with E-state index in [0.717, 1.165) is 11.3 Å². The molecule has 0 aliphatic carbocycles. The van der Waals surface area contributed by atoms with Gasteiger partial charge in [-0.25, -0.2) is 4.98 Å². The molecule has 0 spiro atoms. The normalized spacial score (nSPS) is 10.5. The quantitative estimate of drug-likeness (QED) is 0.425. The molecular formula is C20H22ClN7O2. The molecular weight excluding hydrogens is 406 g/mol. The first-order valence-corrected chi connectivity index (χ1v) is 9.52. The first kappa shape index (κ1) is 21.3. The van der Waals surface area contributed by atoms with Gasteiger partial charge in [-0.3, -0.25) is 9.48 Å². The Labute approximate surface area is 179 Å².